The summed E-state index contributed by atoms with van der Waals surface area (Å²) in [4.78, 5) is 23.3. The van der Waals surface area contributed by atoms with E-state index in [1.165, 1.54) is 0 Å². The van der Waals surface area contributed by atoms with Gasteiger partial charge in [-0.3, -0.25) is 4.98 Å². The van der Waals surface area contributed by atoms with Crippen LogP contribution in [0.15, 0.2) is 90.2 Å². The van der Waals surface area contributed by atoms with E-state index in [1.54, 1.807) is 19.3 Å². The van der Waals surface area contributed by atoms with Gasteiger partial charge in [0, 0.05) is 24.5 Å². The molecule has 140 valence electrons. The number of aliphatic carboxylic acids is 1. The van der Waals surface area contributed by atoms with Crippen molar-refractivity contribution in [3.8, 4) is 0 Å². The summed E-state index contributed by atoms with van der Waals surface area (Å²) < 4.78 is 0. The first-order valence-electron chi connectivity index (χ1n) is 9.19. The summed E-state index contributed by atoms with van der Waals surface area (Å²) >= 11 is 0. The molecule has 0 aliphatic carbocycles. The van der Waals surface area contributed by atoms with Crippen LogP contribution in [0, 0.1) is 0 Å². The minimum absolute atomic E-state index is 0.441. The van der Waals surface area contributed by atoms with E-state index in [1.807, 2.05) is 72.8 Å². The van der Waals surface area contributed by atoms with Crippen molar-refractivity contribution in [2.24, 2.45) is 4.99 Å². The maximum absolute atomic E-state index is 12.3. The van der Waals surface area contributed by atoms with Crippen molar-refractivity contribution in [3.63, 3.8) is 0 Å². The molecule has 5 nitrogen and oxygen atoms in total. The molecule has 28 heavy (non-hydrogen) atoms. The van der Waals surface area contributed by atoms with Crippen LogP contribution in [0.4, 0.5) is 0 Å². The standard InChI is InChI=1S/C23H21N3O2/c1-23(22(27)28)20(18-12-14-24-15-13-18)26(16-17-8-4-2-5-9-17)21(25-23)19-10-6-3-7-11-19/h2-15,20H,16H2,1H3,(H,27,28)/t20?,23-/m0/s1. The molecule has 1 aliphatic rings. The molecule has 0 spiro atoms. The fourth-order valence-electron chi connectivity index (χ4n) is 3.75. The van der Waals surface area contributed by atoms with E-state index in [2.05, 4.69) is 9.88 Å². The molecule has 2 atom stereocenters. The van der Waals surface area contributed by atoms with Crippen LogP contribution in [-0.4, -0.2) is 32.3 Å². The monoisotopic (exact) mass is 371 g/mol. The minimum atomic E-state index is -1.30. The lowest BCUT2D eigenvalue weighted by atomic mass is 9.87. The molecular formula is C23H21N3O2. The average Bonchev–Trinajstić information content (AvgIpc) is 3.03. The molecule has 0 saturated heterocycles. The molecule has 1 N–H and O–H groups in total. The van der Waals surface area contributed by atoms with Crippen molar-refractivity contribution >= 4 is 11.8 Å². The van der Waals surface area contributed by atoms with Crippen LogP contribution in [0.1, 0.15) is 29.7 Å². The van der Waals surface area contributed by atoms with Crippen molar-refractivity contribution in [2.75, 3.05) is 0 Å². The van der Waals surface area contributed by atoms with Crippen LogP contribution < -0.4 is 0 Å². The first kappa shape index (κ1) is 17.9. The van der Waals surface area contributed by atoms with Gasteiger partial charge in [-0.15, -0.1) is 0 Å². The second-order valence-electron chi connectivity index (χ2n) is 7.05. The highest BCUT2D eigenvalue weighted by atomic mass is 16.4. The molecule has 0 radical (unpaired) electrons. The summed E-state index contributed by atoms with van der Waals surface area (Å²) in [6.45, 7) is 2.25. The van der Waals surface area contributed by atoms with Crippen LogP contribution in [0.5, 0.6) is 0 Å². The van der Waals surface area contributed by atoms with Gasteiger partial charge >= 0.3 is 5.97 Å². The molecule has 1 aromatic heterocycles. The van der Waals surface area contributed by atoms with Gasteiger partial charge in [0.2, 0.25) is 0 Å². The van der Waals surface area contributed by atoms with Gasteiger partial charge in [0.1, 0.15) is 5.84 Å². The molecule has 4 rings (SSSR count). The number of carboxylic acids is 1. The maximum Gasteiger partial charge on any atom is 0.333 e. The summed E-state index contributed by atoms with van der Waals surface area (Å²) in [5.41, 5.74) is 1.58. The van der Waals surface area contributed by atoms with Crippen molar-refractivity contribution in [1.29, 1.82) is 0 Å². The highest BCUT2D eigenvalue weighted by molar-refractivity contribution is 6.03. The second kappa shape index (κ2) is 7.27. The lowest BCUT2D eigenvalue weighted by Crippen LogP contribution is -2.43. The fraction of sp³-hybridized carbons (Fsp3) is 0.174. The fourth-order valence-corrected chi connectivity index (χ4v) is 3.75. The van der Waals surface area contributed by atoms with Gasteiger partial charge in [-0.25, -0.2) is 9.79 Å². The first-order chi connectivity index (χ1) is 13.6. The predicted molar refractivity (Wildman–Crippen MR) is 108 cm³/mol. The number of rotatable bonds is 5. The van der Waals surface area contributed by atoms with Crippen molar-refractivity contribution in [2.45, 2.75) is 25.0 Å². The third-order valence-corrected chi connectivity index (χ3v) is 5.14. The van der Waals surface area contributed by atoms with E-state index in [0.717, 1.165) is 16.7 Å². The Hall–Kier alpha value is -3.47. The predicted octanol–water partition coefficient (Wildman–Crippen LogP) is 3.93. The van der Waals surface area contributed by atoms with E-state index in [9.17, 15) is 9.90 Å². The molecule has 1 unspecified atom stereocenters. The number of benzene rings is 2. The molecule has 1 aliphatic heterocycles. The summed E-state index contributed by atoms with van der Waals surface area (Å²) in [6, 6.07) is 23.1. The van der Waals surface area contributed by atoms with Gasteiger partial charge < -0.3 is 10.0 Å². The number of aromatic nitrogens is 1. The zero-order valence-corrected chi connectivity index (χ0v) is 15.6. The highest BCUT2D eigenvalue weighted by Gasteiger charge is 2.51. The summed E-state index contributed by atoms with van der Waals surface area (Å²) in [7, 11) is 0. The highest BCUT2D eigenvalue weighted by Crippen LogP contribution is 2.42. The molecule has 2 aromatic carbocycles. The lowest BCUT2D eigenvalue weighted by molar-refractivity contribution is -0.144. The number of aliphatic imine (C=N–C) groups is 1. The number of nitrogens with zero attached hydrogens (tertiary/aromatic N) is 3. The van der Waals surface area contributed by atoms with Gasteiger partial charge in [-0.2, -0.15) is 0 Å². The van der Waals surface area contributed by atoms with Crippen molar-refractivity contribution in [3.05, 3.63) is 102 Å². The van der Waals surface area contributed by atoms with E-state index in [-0.39, 0.29) is 0 Å². The van der Waals surface area contributed by atoms with E-state index >= 15 is 0 Å². The maximum atomic E-state index is 12.3. The molecule has 5 heteroatoms. The van der Waals surface area contributed by atoms with Crippen LogP contribution in [0.3, 0.4) is 0 Å². The smallest absolute Gasteiger partial charge is 0.333 e. The normalized spacial score (nSPS) is 21.4. The molecular weight excluding hydrogens is 350 g/mol. The van der Waals surface area contributed by atoms with Crippen LogP contribution in [-0.2, 0) is 11.3 Å². The molecule has 0 fully saturated rings. The van der Waals surface area contributed by atoms with Gasteiger partial charge in [0.25, 0.3) is 0 Å². The number of pyridine rings is 1. The number of hydrogen-bond donors (Lipinski definition) is 1. The zero-order valence-electron chi connectivity index (χ0n) is 15.6. The van der Waals surface area contributed by atoms with Gasteiger partial charge in [-0.05, 0) is 30.2 Å². The van der Waals surface area contributed by atoms with Crippen LogP contribution >= 0.6 is 0 Å². The first-order valence-corrected chi connectivity index (χ1v) is 9.19. The number of carboxylic acid groups (broad SMARTS) is 1. The van der Waals surface area contributed by atoms with Gasteiger partial charge in [-0.1, -0.05) is 60.7 Å². The molecule has 0 saturated carbocycles. The van der Waals surface area contributed by atoms with Crippen LogP contribution in [0.25, 0.3) is 0 Å². The largest absolute Gasteiger partial charge is 0.479 e. The molecule has 2 heterocycles. The Labute approximate surface area is 164 Å². The Morgan fingerprint density at radius 3 is 2.21 bits per heavy atom. The SMILES string of the molecule is C[C@]1(C(=O)O)N=C(c2ccccc2)N(Cc2ccccc2)C1c1ccncc1. The lowest BCUT2D eigenvalue weighted by Gasteiger charge is -2.34. The summed E-state index contributed by atoms with van der Waals surface area (Å²) in [5.74, 6) is -0.255. The Bertz CT molecular complexity index is 990. The van der Waals surface area contributed by atoms with E-state index in [0.29, 0.717) is 12.4 Å². The zero-order chi connectivity index (χ0) is 19.6. The Kier molecular flexibility index (Phi) is 4.65. The quantitative estimate of drug-likeness (QED) is 0.738. The number of carbonyl (C=O) groups is 1. The summed E-state index contributed by atoms with van der Waals surface area (Å²) in [5, 5.41) is 10.1. The summed E-state index contributed by atoms with van der Waals surface area (Å²) in [6.07, 6.45) is 3.39. The number of hydrogen-bond acceptors (Lipinski definition) is 4. The molecule has 3 aromatic rings. The van der Waals surface area contributed by atoms with E-state index in [4.69, 9.17) is 4.99 Å². The van der Waals surface area contributed by atoms with Crippen molar-refractivity contribution in [1.82, 2.24) is 9.88 Å². The minimum Gasteiger partial charge on any atom is -0.479 e. The Morgan fingerprint density at radius 2 is 1.61 bits per heavy atom. The Balaban J connectivity index is 1.87. The molecule has 0 amide bonds. The van der Waals surface area contributed by atoms with Gasteiger partial charge in [0.15, 0.2) is 5.54 Å². The van der Waals surface area contributed by atoms with E-state index < -0.39 is 17.6 Å². The topological polar surface area (TPSA) is 65.8 Å². The third kappa shape index (κ3) is 3.16. The average molecular weight is 371 g/mol. The third-order valence-electron chi connectivity index (χ3n) is 5.14. The Morgan fingerprint density at radius 1 is 1.00 bits per heavy atom. The second-order valence-corrected chi connectivity index (χ2v) is 7.05. The van der Waals surface area contributed by atoms with Crippen LogP contribution in [0.2, 0.25) is 0 Å². The number of amidine groups is 1. The van der Waals surface area contributed by atoms with Crippen molar-refractivity contribution < 1.29 is 9.90 Å². The molecule has 0 bridgehead atoms. The van der Waals surface area contributed by atoms with Gasteiger partial charge in [0.05, 0.1) is 6.04 Å².